The minimum absolute atomic E-state index is 0.431. The van der Waals surface area contributed by atoms with E-state index in [1.165, 1.54) is 6.42 Å². The number of unbranched alkanes of at least 4 members (excludes halogenated alkanes) is 3. The van der Waals surface area contributed by atoms with Crippen molar-refractivity contribution >= 4 is 34.7 Å². The molecule has 0 radical (unpaired) electrons. The quantitative estimate of drug-likeness (QED) is 0.429. The van der Waals surface area contributed by atoms with Crippen LogP contribution in [-0.4, -0.2) is 37.0 Å². The van der Waals surface area contributed by atoms with Crippen molar-refractivity contribution in [2.45, 2.75) is 25.7 Å². The Morgan fingerprint density at radius 3 is 1.89 bits per heavy atom. The molecule has 0 atom stereocenters. The van der Waals surface area contributed by atoms with Crippen molar-refractivity contribution in [1.82, 2.24) is 10.6 Å². The Morgan fingerprint density at radius 1 is 0.786 bits per heavy atom. The molecule has 0 fully saturated rings. The van der Waals surface area contributed by atoms with Gasteiger partial charge in [0.05, 0.1) is 13.7 Å². The zero-order valence-corrected chi connectivity index (χ0v) is 18.1. The second-order valence-electron chi connectivity index (χ2n) is 5.95. The first-order valence-electron chi connectivity index (χ1n) is 9.50. The number of para-hydroxylation sites is 1. The molecule has 0 aromatic heterocycles. The molecular weight excluding hydrogens is 388 g/mol. The lowest BCUT2D eigenvalue weighted by atomic mass is 10.2. The van der Waals surface area contributed by atoms with E-state index in [0.717, 1.165) is 38.1 Å². The maximum absolute atomic E-state index is 5.49. The number of ether oxygens (including phenoxy) is 2. The van der Waals surface area contributed by atoms with Crippen LogP contribution in [0.25, 0.3) is 0 Å². The van der Waals surface area contributed by atoms with Crippen LogP contribution in [0.5, 0.6) is 5.75 Å². The Kier molecular flexibility index (Phi) is 14.7. The molecule has 0 amide bonds. The predicted molar refractivity (Wildman–Crippen MR) is 125 cm³/mol. The normalized spacial score (nSPS) is 9.61. The summed E-state index contributed by atoms with van der Waals surface area (Å²) >= 11 is 10.1. The van der Waals surface area contributed by atoms with Gasteiger partial charge in [0.15, 0.2) is 5.05 Å². The first kappa shape index (κ1) is 24.0. The zero-order valence-electron chi connectivity index (χ0n) is 16.4. The number of thiocarbonyl (C=S) groups is 2. The van der Waals surface area contributed by atoms with Crippen molar-refractivity contribution in [2.75, 3.05) is 26.7 Å². The first-order chi connectivity index (χ1) is 13.7. The molecule has 0 unspecified atom stereocenters. The summed E-state index contributed by atoms with van der Waals surface area (Å²) in [6.45, 7) is 2.46. The zero-order chi connectivity index (χ0) is 20.3. The van der Waals surface area contributed by atoms with E-state index in [4.69, 9.17) is 33.9 Å². The maximum Gasteiger partial charge on any atom is 0.262 e. The summed E-state index contributed by atoms with van der Waals surface area (Å²) in [4.78, 5) is 0. The Hall–Kier alpha value is -2.02. The molecule has 0 heterocycles. The summed E-state index contributed by atoms with van der Waals surface area (Å²) < 4.78 is 10.4. The third-order valence-electron chi connectivity index (χ3n) is 3.67. The number of rotatable bonds is 10. The molecule has 152 valence electrons. The van der Waals surface area contributed by atoms with Crippen molar-refractivity contribution in [3.8, 4) is 5.75 Å². The highest BCUT2D eigenvalue weighted by Gasteiger charge is 1.99. The third-order valence-corrected chi connectivity index (χ3v) is 4.21. The fourth-order valence-electron chi connectivity index (χ4n) is 2.20. The SMILES string of the molecule is COC(=S)CNCCCCCCNC(=S)Oc1ccccc1.c1ccccc1. The summed E-state index contributed by atoms with van der Waals surface area (Å²) in [5.74, 6) is 0.764. The van der Waals surface area contributed by atoms with Gasteiger partial charge in [-0.05, 0) is 56.0 Å². The summed E-state index contributed by atoms with van der Waals surface area (Å²) in [6.07, 6.45) is 4.56. The lowest BCUT2D eigenvalue weighted by Crippen LogP contribution is -2.27. The summed E-state index contributed by atoms with van der Waals surface area (Å²) in [5.41, 5.74) is 0. The molecule has 4 nitrogen and oxygen atoms in total. The van der Waals surface area contributed by atoms with E-state index >= 15 is 0 Å². The van der Waals surface area contributed by atoms with Crippen LogP contribution in [0.1, 0.15) is 25.7 Å². The van der Waals surface area contributed by atoms with E-state index in [1.807, 2.05) is 66.7 Å². The van der Waals surface area contributed by atoms with Gasteiger partial charge < -0.3 is 20.1 Å². The summed E-state index contributed by atoms with van der Waals surface area (Å²) in [5, 5.41) is 7.40. The Balaban J connectivity index is 0.000000552. The van der Waals surface area contributed by atoms with Crippen LogP contribution < -0.4 is 15.4 Å². The number of benzene rings is 2. The van der Waals surface area contributed by atoms with Gasteiger partial charge in [-0.15, -0.1) is 0 Å². The highest BCUT2D eigenvalue weighted by molar-refractivity contribution is 7.80. The van der Waals surface area contributed by atoms with Gasteiger partial charge >= 0.3 is 0 Å². The van der Waals surface area contributed by atoms with Crippen LogP contribution in [0.3, 0.4) is 0 Å². The number of hydrogen-bond acceptors (Lipinski definition) is 5. The van der Waals surface area contributed by atoms with Crippen LogP contribution in [-0.2, 0) is 4.74 Å². The number of nitrogens with one attached hydrogen (secondary N) is 2. The number of hydrogen-bond donors (Lipinski definition) is 2. The lowest BCUT2D eigenvalue weighted by Gasteiger charge is -2.09. The summed E-state index contributed by atoms with van der Waals surface area (Å²) in [6, 6.07) is 21.6. The fraction of sp³-hybridized carbons (Fsp3) is 0.364. The molecule has 0 aliphatic carbocycles. The summed E-state index contributed by atoms with van der Waals surface area (Å²) in [7, 11) is 1.60. The molecular formula is C22H30N2O2S2. The topological polar surface area (TPSA) is 42.5 Å². The second-order valence-corrected chi connectivity index (χ2v) is 6.78. The number of methoxy groups -OCH3 is 1. The van der Waals surface area contributed by atoms with E-state index in [9.17, 15) is 0 Å². The smallest absolute Gasteiger partial charge is 0.262 e. The minimum Gasteiger partial charge on any atom is -0.489 e. The minimum atomic E-state index is 0.431. The average Bonchev–Trinajstić information content (AvgIpc) is 2.74. The molecule has 2 N–H and O–H groups in total. The van der Waals surface area contributed by atoms with Gasteiger partial charge in [0.1, 0.15) is 5.75 Å². The van der Waals surface area contributed by atoms with E-state index in [0.29, 0.717) is 16.8 Å². The van der Waals surface area contributed by atoms with Crippen molar-refractivity contribution in [3.05, 3.63) is 66.7 Å². The second kappa shape index (κ2) is 17.1. The van der Waals surface area contributed by atoms with Gasteiger partial charge in [-0.2, -0.15) is 0 Å². The molecule has 28 heavy (non-hydrogen) atoms. The van der Waals surface area contributed by atoms with Crippen molar-refractivity contribution in [3.63, 3.8) is 0 Å². The van der Waals surface area contributed by atoms with Crippen LogP contribution in [0.15, 0.2) is 66.7 Å². The highest BCUT2D eigenvalue weighted by Crippen LogP contribution is 2.08. The largest absolute Gasteiger partial charge is 0.489 e. The third kappa shape index (κ3) is 14.1. The molecule has 6 heteroatoms. The molecule has 0 spiro atoms. The maximum atomic E-state index is 5.49. The van der Waals surface area contributed by atoms with E-state index < -0.39 is 0 Å². The molecule has 2 aromatic rings. The standard InChI is InChI=1S/C16H24N2O2S2.C6H6/c1-19-15(21)13-17-11-7-2-3-8-12-18-16(22)20-14-9-5-4-6-10-14;1-2-4-6-5-3-1/h4-6,9-10,17H,2-3,7-8,11-13H2,1H3,(H,18,22);1-6H. The molecule has 0 aliphatic rings. The lowest BCUT2D eigenvalue weighted by molar-refractivity contribution is 0.401. The van der Waals surface area contributed by atoms with Gasteiger partial charge in [0, 0.05) is 6.54 Å². The van der Waals surface area contributed by atoms with Gasteiger partial charge in [-0.25, -0.2) is 0 Å². The van der Waals surface area contributed by atoms with E-state index in [2.05, 4.69) is 10.6 Å². The molecule has 0 saturated carbocycles. The van der Waals surface area contributed by atoms with Gasteiger partial charge in [0.2, 0.25) is 0 Å². The first-order valence-corrected chi connectivity index (χ1v) is 10.3. The fourth-order valence-corrected chi connectivity index (χ4v) is 2.50. The molecule has 0 bridgehead atoms. The van der Waals surface area contributed by atoms with Gasteiger partial charge in [-0.3, -0.25) is 0 Å². The van der Waals surface area contributed by atoms with Crippen LogP contribution in [0.2, 0.25) is 0 Å². The van der Waals surface area contributed by atoms with Crippen molar-refractivity contribution in [1.29, 1.82) is 0 Å². The Morgan fingerprint density at radius 2 is 1.32 bits per heavy atom. The molecule has 2 rings (SSSR count). The van der Waals surface area contributed by atoms with Crippen LogP contribution >= 0.6 is 24.4 Å². The van der Waals surface area contributed by atoms with Crippen LogP contribution in [0, 0.1) is 0 Å². The molecule has 0 saturated heterocycles. The van der Waals surface area contributed by atoms with Gasteiger partial charge in [0.25, 0.3) is 5.17 Å². The monoisotopic (exact) mass is 418 g/mol. The van der Waals surface area contributed by atoms with Crippen molar-refractivity contribution < 1.29 is 9.47 Å². The molecule has 0 aliphatic heterocycles. The Bertz CT molecular complexity index is 613. The Labute approximate surface area is 179 Å². The van der Waals surface area contributed by atoms with E-state index in [1.54, 1.807) is 7.11 Å². The average molecular weight is 419 g/mol. The van der Waals surface area contributed by atoms with E-state index in [-0.39, 0.29) is 0 Å². The predicted octanol–water partition coefficient (Wildman–Crippen LogP) is 4.75. The van der Waals surface area contributed by atoms with Crippen molar-refractivity contribution in [2.24, 2.45) is 0 Å². The van der Waals surface area contributed by atoms with Gasteiger partial charge in [-0.1, -0.05) is 67.4 Å². The van der Waals surface area contributed by atoms with Crippen LogP contribution in [0.4, 0.5) is 0 Å². The highest BCUT2D eigenvalue weighted by atomic mass is 32.1. The molecule has 2 aromatic carbocycles.